The number of nitrogens with one attached hydrogen (secondary N) is 2. The zero-order chi connectivity index (χ0) is 17.6. The molecule has 0 spiro atoms. The number of rotatable bonds is 5. The van der Waals surface area contributed by atoms with Gasteiger partial charge in [-0.15, -0.1) is 5.10 Å². The molecule has 0 bridgehead atoms. The highest BCUT2D eigenvalue weighted by atomic mass is 16.3. The Kier molecular flexibility index (Phi) is 5.60. The summed E-state index contributed by atoms with van der Waals surface area (Å²) in [6.07, 6.45) is 3.78. The van der Waals surface area contributed by atoms with E-state index >= 15 is 0 Å². The molecule has 0 unspecified atom stereocenters. The zero-order valence-corrected chi connectivity index (χ0v) is 14.4. The summed E-state index contributed by atoms with van der Waals surface area (Å²) in [6.45, 7) is 2.13. The van der Waals surface area contributed by atoms with Crippen LogP contribution in [0.4, 0.5) is 11.5 Å². The summed E-state index contributed by atoms with van der Waals surface area (Å²) in [5.74, 6) is 0.966. The Morgan fingerprint density at radius 1 is 1.16 bits per heavy atom. The van der Waals surface area contributed by atoms with E-state index in [1.54, 1.807) is 6.07 Å². The monoisotopic (exact) mass is 340 g/mol. The van der Waals surface area contributed by atoms with E-state index in [1.165, 1.54) is 0 Å². The van der Waals surface area contributed by atoms with Crippen LogP contribution in [0.2, 0.25) is 0 Å². The van der Waals surface area contributed by atoms with Crippen LogP contribution in [0.3, 0.4) is 0 Å². The number of hydrogen-bond donors (Lipinski definition) is 3. The molecule has 1 aliphatic rings. The summed E-state index contributed by atoms with van der Waals surface area (Å²) in [5, 5.41) is 23.6. The Morgan fingerprint density at radius 3 is 2.64 bits per heavy atom. The van der Waals surface area contributed by atoms with Gasteiger partial charge < -0.3 is 15.7 Å². The summed E-state index contributed by atoms with van der Waals surface area (Å²) >= 11 is 0. The lowest BCUT2D eigenvalue weighted by Gasteiger charge is -2.28. The average Bonchev–Trinajstić information content (AvgIpc) is 2.64. The lowest BCUT2D eigenvalue weighted by Crippen LogP contribution is -2.38. The second-order valence-electron chi connectivity index (χ2n) is 6.64. The van der Waals surface area contributed by atoms with Crippen LogP contribution in [0.1, 0.15) is 41.7 Å². The summed E-state index contributed by atoms with van der Waals surface area (Å²) < 4.78 is 0. The van der Waals surface area contributed by atoms with Crippen LogP contribution in [0.25, 0.3) is 0 Å². The van der Waals surface area contributed by atoms with E-state index in [9.17, 15) is 9.90 Å². The maximum atomic E-state index is 12.5. The van der Waals surface area contributed by atoms with Crippen LogP contribution >= 0.6 is 0 Å². The van der Waals surface area contributed by atoms with Crippen molar-refractivity contribution in [3.05, 3.63) is 47.7 Å². The number of aryl methyl sites for hydroxylation is 1. The molecule has 1 aromatic carbocycles. The quantitative estimate of drug-likeness (QED) is 0.779. The highest BCUT2D eigenvalue weighted by Crippen LogP contribution is 2.24. The Hall–Kier alpha value is -2.47. The van der Waals surface area contributed by atoms with Gasteiger partial charge in [0.2, 0.25) is 0 Å². The van der Waals surface area contributed by atoms with Crippen LogP contribution in [-0.2, 0) is 0 Å². The van der Waals surface area contributed by atoms with E-state index in [1.807, 2.05) is 37.3 Å². The number of benzene rings is 1. The van der Waals surface area contributed by atoms with Crippen LogP contribution in [0.5, 0.6) is 0 Å². The molecule has 1 heterocycles. The zero-order valence-electron chi connectivity index (χ0n) is 14.4. The molecule has 1 saturated carbocycles. The summed E-state index contributed by atoms with van der Waals surface area (Å²) in [4.78, 5) is 12.5. The van der Waals surface area contributed by atoms with Crippen molar-refractivity contribution in [3.8, 4) is 0 Å². The van der Waals surface area contributed by atoms with Gasteiger partial charge in [-0.25, -0.2) is 0 Å². The second-order valence-corrected chi connectivity index (χ2v) is 6.64. The minimum Gasteiger partial charge on any atom is -0.396 e. The molecule has 6 nitrogen and oxygen atoms in total. The maximum absolute atomic E-state index is 12.5. The smallest absolute Gasteiger partial charge is 0.251 e. The maximum Gasteiger partial charge on any atom is 0.251 e. The molecule has 1 aliphatic carbocycles. The number of anilines is 2. The number of aromatic nitrogens is 2. The van der Waals surface area contributed by atoms with Crippen molar-refractivity contribution >= 4 is 17.4 Å². The van der Waals surface area contributed by atoms with Gasteiger partial charge in [0.1, 0.15) is 0 Å². The van der Waals surface area contributed by atoms with Crippen molar-refractivity contribution < 1.29 is 9.90 Å². The molecule has 132 valence electrons. The Balaban J connectivity index is 1.60. The van der Waals surface area contributed by atoms with Gasteiger partial charge in [0.15, 0.2) is 5.82 Å². The third-order valence-corrected chi connectivity index (χ3v) is 4.64. The van der Waals surface area contributed by atoms with Gasteiger partial charge >= 0.3 is 0 Å². The van der Waals surface area contributed by atoms with Gasteiger partial charge in [0.25, 0.3) is 5.91 Å². The molecule has 0 radical (unpaired) electrons. The van der Waals surface area contributed by atoms with E-state index in [4.69, 9.17) is 0 Å². The minimum atomic E-state index is -0.0638. The van der Waals surface area contributed by atoms with Gasteiger partial charge in [0.05, 0.1) is 5.69 Å². The summed E-state index contributed by atoms with van der Waals surface area (Å²) in [5.41, 5.74) is 2.28. The van der Waals surface area contributed by atoms with Crippen LogP contribution in [-0.4, -0.2) is 33.9 Å². The fourth-order valence-corrected chi connectivity index (χ4v) is 3.11. The van der Waals surface area contributed by atoms with Crippen LogP contribution in [0.15, 0.2) is 36.4 Å². The molecule has 1 aromatic heterocycles. The fourth-order valence-electron chi connectivity index (χ4n) is 3.11. The first-order valence-corrected chi connectivity index (χ1v) is 8.73. The first kappa shape index (κ1) is 17.4. The lowest BCUT2D eigenvalue weighted by molar-refractivity contribution is 0.0914. The molecule has 6 heteroatoms. The van der Waals surface area contributed by atoms with Crippen molar-refractivity contribution in [1.29, 1.82) is 0 Å². The number of carbonyl (C=O) groups is 1. The Morgan fingerprint density at radius 2 is 1.96 bits per heavy atom. The van der Waals surface area contributed by atoms with E-state index in [0.29, 0.717) is 17.3 Å². The highest BCUT2D eigenvalue weighted by Gasteiger charge is 2.22. The summed E-state index contributed by atoms with van der Waals surface area (Å²) in [6, 6.07) is 11.3. The van der Waals surface area contributed by atoms with E-state index < -0.39 is 0 Å². The minimum absolute atomic E-state index is 0.0638. The van der Waals surface area contributed by atoms with E-state index in [-0.39, 0.29) is 18.6 Å². The molecule has 2 aromatic rings. The van der Waals surface area contributed by atoms with Crippen molar-refractivity contribution in [3.63, 3.8) is 0 Å². The van der Waals surface area contributed by atoms with Gasteiger partial charge in [-0.2, -0.15) is 5.10 Å². The molecular formula is C19H24N4O2. The van der Waals surface area contributed by atoms with Crippen LogP contribution < -0.4 is 10.6 Å². The van der Waals surface area contributed by atoms with E-state index in [2.05, 4.69) is 20.8 Å². The highest BCUT2D eigenvalue weighted by molar-refractivity contribution is 5.95. The molecule has 1 fully saturated rings. The SMILES string of the molecule is Cc1ccc(Nc2cccc(C(=O)NC3CCC(CO)CC3)c2)nn1. The van der Waals surface area contributed by atoms with Gasteiger partial charge in [-0.05, 0) is 68.9 Å². The molecule has 25 heavy (non-hydrogen) atoms. The molecule has 3 N–H and O–H groups in total. The van der Waals surface area contributed by atoms with Gasteiger partial charge in [0, 0.05) is 23.9 Å². The average molecular weight is 340 g/mol. The predicted molar refractivity (Wildman–Crippen MR) is 96.8 cm³/mol. The second kappa shape index (κ2) is 8.07. The third-order valence-electron chi connectivity index (χ3n) is 4.64. The predicted octanol–water partition coefficient (Wildman–Crippen LogP) is 2.81. The van der Waals surface area contributed by atoms with Crippen LogP contribution in [0, 0.1) is 12.8 Å². The van der Waals surface area contributed by atoms with Crippen molar-refractivity contribution in [1.82, 2.24) is 15.5 Å². The lowest BCUT2D eigenvalue weighted by atomic mass is 9.86. The normalized spacial score (nSPS) is 20.1. The topological polar surface area (TPSA) is 87.1 Å². The Labute approximate surface area is 147 Å². The first-order valence-electron chi connectivity index (χ1n) is 8.73. The largest absolute Gasteiger partial charge is 0.396 e. The molecule has 1 amide bonds. The number of amides is 1. The van der Waals surface area contributed by atoms with Crippen molar-refractivity contribution in [2.75, 3.05) is 11.9 Å². The summed E-state index contributed by atoms with van der Waals surface area (Å²) in [7, 11) is 0. The van der Waals surface area contributed by atoms with Crippen molar-refractivity contribution in [2.24, 2.45) is 5.92 Å². The standard InChI is InChI=1S/C19H24N4O2/c1-13-5-10-18(23-22-13)20-17-4-2-3-15(11-17)19(25)21-16-8-6-14(12-24)7-9-16/h2-5,10-11,14,16,24H,6-9,12H2,1H3,(H,20,23)(H,21,25). The molecular weight excluding hydrogens is 316 g/mol. The number of nitrogens with zero attached hydrogens (tertiary/aromatic N) is 2. The Bertz CT molecular complexity index is 710. The number of aliphatic hydroxyl groups excluding tert-OH is 1. The molecule has 0 saturated heterocycles. The molecule has 0 aliphatic heterocycles. The number of aliphatic hydroxyl groups is 1. The van der Waals surface area contributed by atoms with Gasteiger partial charge in [-0.3, -0.25) is 4.79 Å². The third kappa shape index (κ3) is 4.76. The number of carbonyl (C=O) groups excluding carboxylic acids is 1. The molecule has 0 atom stereocenters. The molecule has 3 rings (SSSR count). The van der Waals surface area contributed by atoms with Crippen molar-refractivity contribution in [2.45, 2.75) is 38.6 Å². The fraction of sp³-hybridized carbons (Fsp3) is 0.421. The van der Waals surface area contributed by atoms with E-state index in [0.717, 1.165) is 37.1 Å². The first-order chi connectivity index (χ1) is 12.1. The number of hydrogen-bond acceptors (Lipinski definition) is 5. The van der Waals surface area contributed by atoms with Gasteiger partial charge in [-0.1, -0.05) is 6.07 Å².